The number of ether oxygens (including phenoxy) is 1. The summed E-state index contributed by atoms with van der Waals surface area (Å²) in [4.78, 5) is 12.8. The third-order valence-corrected chi connectivity index (χ3v) is 6.94. The molecule has 1 amide bonds. The van der Waals surface area contributed by atoms with E-state index in [2.05, 4.69) is 10.0 Å². The zero-order chi connectivity index (χ0) is 21.0. The number of carbonyl (C=O) groups excluding carboxylic acids is 1. The molecule has 1 atom stereocenters. The van der Waals surface area contributed by atoms with Crippen molar-refractivity contribution in [3.05, 3.63) is 59.2 Å². The van der Waals surface area contributed by atoms with Gasteiger partial charge in [-0.15, -0.1) is 0 Å². The van der Waals surface area contributed by atoms with Gasteiger partial charge in [0.05, 0.1) is 13.2 Å². The van der Waals surface area contributed by atoms with Gasteiger partial charge in [0.15, 0.2) is 0 Å². The van der Waals surface area contributed by atoms with Crippen LogP contribution in [0.15, 0.2) is 47.4 Å². The predicted octanol–water partition coefficient (Wildman–Crippen LogP) is 3.72. The summed E-state index contributed by atoms with van der Waals surface area (Å²) in [7, 11) is -2.36. The molecule has 1 aliphatic carbocycles. The fourth-order valence-electron chi connectivity index (χ4n) is 3.78. The zero-order valence-electron chi connectivity index (χ0n) is 17.1. The second kappa shape index (κ2) is 8.97. The van der Waals surface area contributed by atoms with Crippen molar-refractivity contribution in [1.29, 1.82) is 0 Å². The van der Waals surface area contributed by atoms with Crippen LogP contribution < -0.4 is 14.8 Å². The van der Waals surface area contributed by atoms with Gasteiger partial charge in [0.1, 0.15) is 10.6 Å². The summed E-state index contributed by atoms with van der Waals surface area (Å²) >= 11 is 0. The van der Waals surface area contributed by atoms with E-state index < -0.39 is 10.0 Å². The zero-order valence-corrected chi connectivity index (χ0v) is 17.9. The van der Waals surface area contributed by atoms with Crippen LogP contribution in [0.5, 0.6) is 5.75 Å². The van der Waals surface area contributed by atoms with E-state index in [-0.39, 0.29) is 34.2 Å². The van der Waals surface area contributed by atoms with Crippen molar-refractivity contribution in [1.82, 2.24) is 10.0 Å². The maximum atomic E-state index is 12.9. The topological polar surface area (TPSA) is 84.5 Å². The first-order valence-corrected chi connectivity index (χ1v) is 11.4. The van der Waals surface area contributed by atoms with Crippen molar-refractivity contribution in [2.45, 2.75) is 56.5 Å². The lowest BCUT2D eigenvalue weighted by Crippen LogP contribution is -2.33. The van der Waals surface area contributed by atoms with Crippen LogP contribution >= 0.6 is 0 Å². The van der Waals surface area contributed by atoms with Crippen molar-refractivity contribution in [2.75, 3.05) is 7.11 Å². The lowest BCUT2D eigenvalue weighted by atomic mass is 10.0. The van der Waals surface area contributed by atoms with Gasteiger partial charge in [-0.2, -0.15) is 0 Å². The maximum absolute atomic E-state index is 12.9. The molecule has 2 N–H and O–H groups in total. The lowest BCUT2D eigenvalue weighted by molar-refractivity contribution is 0.0939. The summed E-state index contributed by atoms with van der Waals surface area (Å²) in [6.45, 7) is 3.90. The monoisotopic (exact) mass is 416 g/mol. The molecule has 1 fully saturated rings. The highest BCUT2D eigenvalue weighted by Crippen LogP contribution is 2.27. The Morgan fingerprint density at radius 2 is 1.83 bits per heavy atom. The SMILES string of the molecule is COc1ccc(C(=O)NC(C)c2ccccc2C)cc1S(=O)(=O)NC1CCCC1. The van der Waals surface area contributed by atoms with Gasteiger partial charge >= 0.3 is 0 Å². The van der Waals surface area contributed by atoms with E-state index in [1.807, 2.05) is 38.1 Å². The molecule has 156 valence electrons. The molecule has 1 saturated carbocycles. The van der Waals surface area contributed by atoms with Crippen LogP contribution in [0, 0.1) is 6.92 Å². The number of hydrogen-bond donors (Lipinski definition) is 2. The first kappa shape index (κ1) is 21.3. The Kier molecular flexibility index (Phi) is 6.59. The number of nitrogens with one attached hydrogen (secondary N) is 2. The van der Waals surface area contributed by atoms with E-state index in [0.717, 1.165) is 36.8 Å². The summed E-state index contributed by atoms with van der Waals surface area (Å²) in [6, 6.07) is 12.1. The molecule has 1 aliphatic rings. The van der Waals surface area contributed by atoms with Gasteiger partial charge in [-0.3, -0.25) is 4.79 Å². The molecule has 2 aromatic rings. The molecule has 0 radical (unpaired) electrons. The normalized spacial score (nSPS) is 15.8. The summed E-state index contributed by atoms with van der Waals surface area (Å²) in [5, 5.41) is 2.95. The fraction of sp³-hybridized carbons (Fsp3) is 0.409. The molecule has 0 aliphatic heterocycles. The van der Waals surface area contributed by atoms with Gasteiger partial charge in [0.2, 0.25) is 10.0 Å². The van der Waals surface area contributed by atoms with Gasteiger partial charge in [0, 0.05) is 11.6 Å². The van der Waals surface area contributed by atoms with Crippen molar-refractivity contribution in [3.8, 4) is 5.75 Å². The molecule has 0 bridgehead atoms. The first-order valence-electron chi connectivity index (χ1n) is 9.88. The van der Waals surface area contributed by atoms with E-state index in [9.17, 15) is 13.2 Å². The summed E-state index contributed by atoms with van der Waals surface area (Å²) < 4.78 is 33.8. The lowest BCUT2D eigenvalue weighted by Gasteiger charge is -2.18. The number of hydrogen-bond acceptors (Lipinski definition) is 4. The number of aryl methyl sites for hydroxylation is 1. The second-order valence-electron chi connectivity index (χ2n) is 7.52. The van der Waals surface area contributed by atoms with Crippen LogP contribution in [0.3, 0.4) is 0 Å². The Morgan fingerprint density at radius 1 is 1.14 bits per heavy atom. The van der Waals surface area contributed by atoms with Crippen molar-refractivity contribution in [2.24, 2.45) is 0 Å². The van der Waals surface area contributed by atoms with Crippen LogP contribution in [0.4, 0.5) is 0 Å². The number of amides is 1. The average molecular weight is 417 g/mol. The summed E-state index contributed by atoms with van der Waals surface area (Å²) in [5.41, 5.74) is 2.38. The van der Waals surface area contributed by atoms with Gasteiger partial charge in [-0.25, -0.2) is 13.1 Å². The summed E-state index contributed by atoms with van der Waals surface area (Å²) in [5.74, 6) is -0.111. The Morgan fingerprint density at radius 3 is 2.48 bits per heavy atom. The number of benzene rings is 2. The van der Waals surface area contributed by atoms with E-state index in [1.54, 1.807) is 6.07 Å². The van der Waals surface area contributed by atoms with E-state index >= 15 is 0 Å². The molecule has 29 heavy (non-hydrogen) atoms. The smallest absolute Gasteiger partial charge is 0.251 e. The van der Waals surface area contributed by atoms with Crippen LogP contribution in [-0.4, -0.2) is 27.5 Å². The minimum absolute atomic E-state index is 0.0110. The fourth-order valence-corrected chi connectivity index (χ4v) is 5.28. The third-order valence-electron chi connectivity index (χ3n) is 5.39. The summed E-state index contributed by atoms with van der Waals surface area (Å²) in [6.07, 6.45) is 3.69. The van der Waals surface area contributed by atoms with Gasteiger partial charge < -0.3 is 10.1 Å². The highest BCUT2D eigenvalue weighted by Gasteiger charge is 2.27. The Bertz CT molecular complexity index is 982. The molecular formula is C22H28N2O4S. The van der Waals surface area contributed by atoms with Crippen LogP contribution in [-0.2, 0) is 10.0 Å². The van der Waals surface area contributed by atoms with Crippen LogP contribution in [0.1, 0.15) is 60.1 Å². The van der Waals surface area contributed by atoms with Gasteiger partial charge in [-0.1, -0.05) is 37.1 Å². The molecular weight excluding hydrogens is 388 g/mol. The molecule has 7 heteroatoms. The maximum Gasteiger partial charge on any atom is 0.251 e. The van der Waals surface area contributed by atoms with Crippen molar-refractivity contribution in [3.63, 3.8) is 0 Å². The first-order chi connectivity index (χ1) is 13.8. The average Bonchev–Trinajstić information content (AvgIpc) is 3.20. The van der Waals surface area contributed by atoms with E-state index in [0.29, 0.717) is 0 Å². The molecule has 2 aromatic carbocycles. The predicted molar refractivity (Wildman–Crippen MR) is 113 cm³/mol. The molecule has 3 rings (SSSR count). The number of sulfonamides is 1. The largest absolute Gasteiger partial charge is 0.495 e. The molecule has 6 nitrogen and oxygen atoms in total. The quantitative estimate of drug-likeness (QED) is 0.721. The minimum Gasteiger partial charge on any atom is -0.495 e. The van der Waals surface area contributed by atoms with E-state index in [4.69, 9.17) is 4.74 Å². The molecule has 0 spiro atoms. The molecule has 1 unspecified atom stereocenters. The molecule has 0 saturated heterocycles. The van der Waals surface area contributed by atoms with Gasteiger partial charge in [0.25, 0.3) is 5.91 Å². The highest BCUT2D eigenvalue weighted by atomic mass is 32.2. The second-order valence-corrected chi connectivity index (χ2v) is 9.20. The molecule has 0 aromatic heterocycles. The van der Waals surface area contributed by atoms with Gasteiger partial charge in [-0.05, 0) is 56.0 Å². The highest BCUT2D eigenvalue weighted by molar-refractivity contribution is 7.89. The third kappa shape index (κ3) is 4.97. The number of rotatable bonds is 7. The van der Waals surface area contributed by atoms with Crippen LogP contribution in [0.25, 0.3) is 0 Å². The van der Waals surface area contributed by atoms with Crippen molar-refractivity contribution < 1.29 is 17.9 Å². The standard InChI is InChI=1S/C22H28N2O4S/c1-15-8-4-7-11-19(15)16(2)23-22(25)17-12-13-20(28-3)21(14-17)29(26,27)24-18-9-5-6-10-18/h4,7-8,11-14,16,18,24H,5-6,9-10H2,1-3H3,(H,23,25). The Labute approximate surface area is 172 Å². The Balaban J connectivity index is 1.83. The Hall–Kier alpha value is -2.38. The number of carbonyl (C=O) groups is 1. The van der Waals surface area contributed by atoms with Crippen LogP contribution in [0.2, 0.25) is 0 Å². The van der Waals surface area contributed by atoms with E-state index in [1.165, 1.54) is 19.2 Å². The molecule has 0 heterocycles. The number of methoxy groups -OCH3 is 1. The van der Waals surface area contributed by atoms with Crippen molar-refractivity contribution >= 4 is 15.9 Å². The minimum atomic E-state index is -3.78.